The van der Waals surface area contributed by atoms with Crippen LogP contribution < -0.4 is 5.48 Å². The predicted octanol–water partition coefficient (Wildman–Crippen LogP) is 2.92. The van der Waals surface area contributed by atoms with Crippen LogP contribution in [0, 0.1) is 5.92 Å². The molecule has 0 spiro atoms. The van der Waals surface area contributed by atoms with Gasteiger partial charge < -0.3 is 5.11 Å². The van der Waals surface area contributed by atoms with Gasteiger partial charge in [0.05, 0.1) is 6.10 Å². The molecule has 0 saturated heterocycles. The van der Waals surface area contributed by atoms with Crippen LogP contribution in [-0.4, -0.2) is 16.2 Å². The second-order valence-corrected chi connectivity index (χ2v) is 5.12. The molecule has 0 radical (unpaired) electrons. The molecule has 0 aliphatic carbocycles. The van der Waals surface area contributed by atoms with Gasteiger partial charge in [0, 0.05) is 5.92 Å². The summed E-state index contributed by atoms with van der Waals surface area (Å²) in [5, 5.41) is 18.7. The fourth-order valence-electron chi connectivity index (χ4n) is 2.22. The van der Waals surface area contributed by atoms with Crippen LogP contribution in [-0.2, 0) is 4.79 Å². The maximum Gasteiger partial charge on any atom is 0.246 e. The monoisotopic (exact) mass is 285 g/mol. The highest BCUT2D eigenvalue weighted by Gasteiger charge is 2.18. The molecule has 0 heterocycles. The van der Waals surface area contributed by atoms with Gasteiger partial charge in [0.15, 0.2) is 0 Å². The number of aliphatic hydroxyl groups is 1. The summed E-state index contributed by atoms with van der Waals surface area (Å²) in [6.07, 6.45) is -0.473. The molecular formula is C17H19NO3. The number of aliphatic hydroxyl groups excluding tert-OH is 1. The maximum atomic E-state index is 11.2. The van der Waals surface area contributed by atoms with Crippen LogP contribution in [0.3, 0.4) is 0 Å². The second-order valence-electron chi connectivity index (χ2n) is 5.12. The molecule has 3 N–H and O–H groups in total. The molecule has 2 aromatic rings. The van der Waals surface area contributed by atoms with Gasteiger partial charge in [0.25, 0.3) is 0 Å². The summed E-state index contributed by atoms with van der Waals surface area (Å²) in [7, 11) is 0. The average Bonchev–Trinajstić information content (AvgIpc) is 2.55. The summed E-state index contributed by atoms with van der Waals surface area (Å²) in [4.78, 5) is 11.2. The first kappa shape index (κ1) is 15.2. The van der Waals surface area contributed by atoms with Crippen molar-refractivity contribution >= 4 is 5.91 Å². The molecule has 2 aromatic carbocycles. The van der Waals surface area contributed by atoms with Crippen molar-refractivity contribution in [2.24, 2.45) is 5.92 Å². The quantitative estimate of drug-likeness (QED) is 0.584. The molecule has 0 saturated carbocycles. The second kappa shape index (κ2) is 7.02. The number of nitrogens with one attached hydrogen (secondary N) is 1. The Balaban J connectivity index is 2.07. The van der Waals surface area contributed by atoms with Crippen LogP contribution >= 0.6 is 0 Å². The van der Waals surface area contributed by atoms with E-state index in [4.69, 9.17) is 5.21 Å². The van der Waals surface area contributed by atoms with Crippen molar-refractivity contribution in [1.82, 2.24) is 5.48 Å². The molecule has 21 heavy (non-hydrogen) atoms. The number of hydrogen-bond donors (Lipinski definition) is 3. The van der Waals surface area contributed by atoms with Crippen LogP contribution in [0.4, 0.5) is 0 Å². The Morgan fingerprint density at radius 2 is 1.62 bits per heavy atom. The number of carbonyl (C=O) groups is 1. The third kappa shape index (κ3) is 3.90. The summed E-state index contributed by atoms with van der Waals surface area (Å²) >= 11 is 0. The Bertz CT molecular complexity index is 581. The van der Waals surface area contributed by atoms with E-state index in [1.807, 2.05) is 54.6 Å². The molecule has 110 valence electrons. The SMILES string of the molecule is CC(CC(O)c1ccc(-c2ccccc2)cc1)C(=O)NO. The zero-order valence-electron chi connectivity index (χ0n) is 11.9. The normalized spacial score (nSPS) is 13.5. The van der Waals surface area contributed by atoms with Crippen molar-refractivity contribution in [1.29, 1.82) is 0 Å². The molecule has 0 aliphatic heterocycles. The lowest BCUT2D eigenvalue weighted by molar-refractivity contribution is -0.133. The summed E-state index contributed by atoms with van der Waals surface area (Å²) in [6.45, 7) is 1.66. The molecule has 0 fully saturated rings. The van der Waals surface area contributed by atoms with Crippen LogP contribution in [0.5, 0.6) is 0 Å². The van der Waals surface area contributed by atoms with Gasteiger partial charge in [-0.1, -0.05) is 61.5 Å². The Hall–Kier alpha value is -2.17. The van der Waals surface area contributed by atoms with Gasteiger partial charge in [-0.15, -0.1) is 0 Å². The molecule has 4 heteroatoms. The number of amides is 1. The first-order chi connectivity index (χ1) is 10.1. The van der Waals surface area contributed by atoms with Crippen LogP contribution in [0.25, 0.3) is 11.1 Å². The van der Waals surface area contributed by atoms with Crippen molar-refractivity contribution in [3.05, 3.63) is 60.2 Å². The highest BCUT2D eigenvalue weighted by Crippen LogP contribution is 2.25. The lowest BCUT2D eigenvalue weighted by Crippen LogP contribution is -2.27. The Morgan fingerprint density at radius 3 is 2.19 bits per heavy atom. The van der Waals surface area contributed by atoms with Crippen molar-refractivity contribution in [2.45, 2.75) is 19.4 Å². The van der Waals surface area contributed by atoms with Crippen LogP contribution in [0.2, 0.25) is 0 Å². The van der Waals surface area contributed by atoms with Crippen molar-refractivity contribution in [3.63, 3.8) is 0 Å². The first-order valence-electron chi connectivity index (χ1n) is 6.89. The highest BCUT2D eigenvalue weighted by atomic mass is 16.5. The molecule has 2 atom stereocenters. The zero-order valence-corrected chi connectivity index (χ0v) is 11.9. The van der Waals surface area contributed by atoms with Gasteiger partial charge in [-0.3, -0.25) is 10.0 Å². The fourth-order valence-corrected chi connectivity index (χ4v) is 2.22. The van der Waals surface area contributed by atoms with E-state index in [-0.39, 0.29) is 6.42 Å². The fraction of sp³-hybridized carbons (Fsp3) is 0.235. The lowest BCUT2D eigenvalue weighted by atomic mass is 9.96. The summed E-state index contributed by atoms with van der Waals surface area (Å²) in [5.74, 6) is -0.950. The Kier molecular flexibility index (Phi) is 5.09. The minimum absolute atomic E-state index is 0.261. The highest BCUT2D eigenvalue weighted by molar-refractivity contribution is 5.77. The molecule has 2 unspecified atom stereocenters. The van der Waals surface area contributed by atoms with Gasteiger partial charge in [-0.2, -0.15) is 0 Å². The summed E-state index contributed by atoms with van der Waals surface area (Å²) in [5.41, 5.74) is 4.55. The standard InChI is InChI=1S/C17H19NO3/c1-12(17(20)18-21)11-16(19)15-9-7-14(8-10-15)13-5-3-2-4-6-13/h2-10,12,16,19,21H,11H2,1H3,(H,18,20). The predicted molar refractivity (Wildman–Crippen MR) is 80.5 cm³/mol. The Labute approximate surface area is 124 Å². The molecule has 2 rings (SSSR count). The number of hydroxylamine groups is 1. The van der Waals surface area contributed by atoms with E-state index < -0.39 is 17.9 Å². The van der Waals surface area contributed by atoms with Gasteiger partial charge >= 0.3 is 0 Å². The van der Waals surface area contributed by atoms with Gasteiger partial charge in [0.1, 0.15) is 0 Å². The smallest absolute Gasteiger partial charge is 0.246 e. The van der Waals surface area contributed by atoms with Gasteiger partial charge in [-0.05, 0) is 23.1 Å². The van der Waals surface area contributed by atoms with Crippen LogP contribution in [0.15, 0.2) is 54.6 Å². The van der Waals surface area contributed by atoms with E-state index in [0.717, 1.165) is 16.7 Å². The number of rotatable bonds is 5. The van der Waals surface area contributed by atoms with E-state index in [0.29, 0.717) is 0 Å². The molecule has 0 bridgehead atoms. The number of hydrogen-bond acceptors (Lipinski definition) is 3. The van der Waals surface area contributed by atoms with Crippen LogP contribution in [0.1, 0.15) is 25.0 Å². The average molecular weight is 285 g/mol. The van der Waals surface area contributed by atoms with E-state index in [1.165, 1.54) is 0 Å². The minimum atomic E-state index is -0.734. The van der Waals surface area contributed by atoms with E-state index in [2.05, 4.69) is 0 Å². The molecule has 1 amide bonds. The van der Waals surface area contributed by atoms with E-state index >= 15 is 0 Å². The summed E-state index contributed by atoms with van der Waals surface area (Å²) in [6, 6.07) is 17.6. The third-order valence-electron chi connectivity index (χ3n) is 3.54. The summed E-state index contributed by atoms with van der Waals surface area (Å²) < 4.78 is 0. The van der Waals surface area contributed by atoms with E-state index in [1.54, 1.807) is 12.4 Å². The van der Waals surface area contributed by atoms with E-state index in [9.17, 15) is 9.90 Å². The molecule has 0 aliphatic rings. The largest absolute Gasteiger partial charge is 0.388 e. The van der Waals surface area contributed by atoms with Crippen molar-refractivity contribution in [2.75, 3.05) is 0 Å². The minimum Gasteiger partial charge on any atom is -0.388 e. The third-order valence-corrected chi connectivity index (χ3v) is 3.54. The topological polar surface area (TPSA) is 69.6 Å². The maximum absolute atomic E-state index is 11.2. The molecule has 4 nitrogen and oxygen atoms in total. The zero-order chi connectivity index (χ0) is 15.2. The van der Waals surface area contributed by atoms with Crippen molar-refractivity contribution < 1.29 is 15.1 Å². The lowest BCUT2D eigenvalue weighted by Gasteiger charge is -2.15. The first-order valence-corrected chi connectivity index (χ1v) is 6.89. The Morgan fingerprint density at radius 1 is 1.05 bits per heavy atom. The molecule has 0 aromatic heterocycles. The number of benzene rings is 2. The molecular weight excluding hydrogens is 266 g/mol. The van der Waals surface area contributed by atoms with Gasteiger partial charge in [0.2, 0.25) is 5.91 Å². The number of carbonyl (C=O) groups excluding carboxylic acids is 1. The van der Waals surface area contributed by atoms with Crippen molar-refractivity contribution in [3.8, 4) is 11.1 Å². The van der Waals surface area contributed by atoms with Gasteiger partial charge in [-0.25, -0.2) is 5.48 Å².